The van der Waals surface area contributed by atoms with Crippen LogP contribution in [-0.2, 0) is 4.79 Å². The number of hydrogen-bond donors (Lipinski definition) is 1. The Kier molecular flexibility index (Phi) is 5.63. The van der Waals surface area contributed by atoms with Crippen LogP contribution in [0.4, 0.5) is 4.39 Å². The van der Waals surface area contributed by atoms with E-state index in [2.05, 4.69) is 21.6 Å². The molecule has 2 aromatic carbocycles. The first kappa shape index (κ1) is 18.1. The summed E-state index contributed by atoms with van der Waals surface area (Å²) >= 11 is 1.43. The van der Waals surface area contributed by atoms with E-state index in [-0.39, 0.29) is 17.5 Å². The molecule has 0 saturated heterocycles. The molecule has 0 radical (unpaired) electrons. The zero-order valence-corrected chi connectivity index (χ0v) is 15.3. The van der Waals surface area contributed by atoms with E-state index in [0.29, 0.717) is 5.56 Å². The van der Waals surface area contributed by atoms with Gasteiger partial charge in [0, 0.05) is 21.5 Å². The highest BCUT2D eigenvalue weighted by molar-refractivity contribution is 8.00. The molecule has 1 aromatic heterocycles. The molecule has 132 valence electrons. The molecule has 6 heteroatoms. The summed E-state index contributed by atoms with van der Waals surface area (Å²) in [5.74, 6) is -0.423. The van der Waals surface area contributed by atoms with Gasteiger partial charge in [-0.3, -0.25) is 9.78 Å². The number of carbonyl (C=O) groups excluding carboxylic acids is 1. The number of benzene rings is 2. The number of nitrogens with one attached hydrogen (secondary N) is 1. The molecule has 0 aliphatic carbocycles. The number of aryl methyl sites for hydroxylation is 2. The van der Waals surface area contributed by atoms with Gasteiger partial charge in [0.1, 0.15) is 5.82 Å². The molecule has 0 aliphatic heterocycles. The molecular weight excluding hydrogens is 349 g/mol. The topological polar surface area (TPSA) is 54.4 Å². The maximum Gasteiger partial charge on any atom is 0.250 e. The number of thioether (sulfide) groups is 1. The summed E-state index contributed by atoms with van der Waals surface area (Å²) in [4.78, 5) is 17.6. The Morgan fingerprint density at radius 3 is 2.85 bits per heavy atom. The average Bonchev–Trinajstić information content (AvgIpc) is 2.61. The molecule has 0 unspecified atom stereocenters. The predicted molar refractivity (Wildman–Crippen MR) is 104 cm³/mol. The van der Waals surface area contributed by atoms with E-state index in [1.807, 2.05) is 32.0 Å². The van der Waals surface area contributed by atoms with E-state index >= 15 is 0 Å². The third-order valence-corrected chi connectivity index (χ3v) is 4.77. The molecule has 3 rings (SSSR count). The van der Waals surface area contributed by atoms with Gasteiger partial charge in [0.15, 0.2) is 0 Å². The lowest BCUT2D eigenvalue weighted by Gasteiger charge is -2.08. The van der Waals surface area contributed by atoms with Gasteiger partial charge in [-0.1, -0.05) is 29.8 Å². The van der Waals surface area contributed by atoms with Gasteiger partial charge in [-0.25, -0.2) is 9.82 Å². The van der Waals surface area contributed by atoms with E-state index in [4.69, 9.17) is 0 Å². The van der Waals surface area contributed by atoms with E-state index in [0.717, 1.165) is 27.1 Å². The molecule has 1 amide bonds. The second-order valence-electron chi connectivity index (χ2n) is 5.89. The van der Waals surface area contributed by atoms with E-state index in [1.54, 1.807) is 18.2 Å². The molecule has 0 atom stereocenters. The first-order chi connectivity index (χ1) is 12.5. The Morgan fingerprint density at radius 1 is 1.23 bits per heavy atom. The van der Waals surface area contributed by atoms with Crippen molar-refractivity contribution in [3.8, 4) is 0 Å². The number of hydrazone groups is 1. The van der Waals surface area contributed by atoms with Crippen LogP contribution >= 0.6 is 11.8 Å². The Labute approximate surface area is 155 Å². The fourth-order valence-corrected chi connectivity index (χ4v) is 3.41. The second kappa shape index (κ2) is 8.10. The van der Waals surface area contributed by atoms with E-state index < -0.39 is 0 Å². The lowest BCUT2D eigenvalue weighted by atomic mass is 10.1. The minimum absolute atomic E-state index is 0.209. The zero-order valence-electron chi connectivity index (χ0n) is 14.5. The molecule has 0 bridgehead atoms. The number of rotatable bonds is 5. The monoisotopic (exact) mass is 367 g/mol. The largest absolute Gasteiger partial charge is 0.272 e. The lowest BCUT2D eigenvalue weighted by molar-refractivity contribution is -0.118. The average molecular weight is 367 g/mol. The Hall–Kier alpha value is -2.73. The smallest absolute Gasteiger partial charge is 0.250 e. The molecule has 1 heterocycles. The number of fused-ring (bicyclic) bond motifs is 1. The van der Waals surface area contributed by atoms with Crippen molar-refractivity contribution >= 4 is 34.8 Å². The fraction of sp³-hybridized carbons (Fsp3) is 0.150. The summed E-state index contributed by atoms with van der Waals surface area (Å²) in [6, 6.07) is 14.3. The van der Waals surface area contributed by atoms with Crippen molar-refractivity contribution < 1.29 is 9.18 Å². The van der Waals surface area contributed by atoms with Gasteiger partial charge in [0.25, 0.3) is 0 Å². The van der Waals surface area contributed by atoms with Gasteiger partial charge in [-0.15, -0.1) is 11.8 Å². The molecule has 1 N–H and O–H groups in total. The van der Waals surface area contributed by atoms with Crippen LogP contribution in [0.15, 0.2) is 58.5 Å². The number of hydrogen-bond acceptors (Lipinski definition) is 4. The van der Waals surface area contributed by atoms with Crippen LogP contribution in [0.25, 0.3) is 10.9 Å². The lowest BCUT2D eigenvalue weighted by Crippen LogP contribution is -2.19. The number of nitrogens with zero attached hydrogens (tertiary/aromatic N) is 2. The normalized spacial score (nSPS) is 11.2. The molecular formula is C20H18FN3OS. The fourth-order valence-electron chi connectivity index (χ4n) is 2.48. The maximum atomic E-state index is 13.5. The first-order valence-electron chi connectivity index (χ1n) is 8.10. The number of carbonyl (C=O) groups is 1. The first-order valence-corrected chi connectivity index (χ1v) is 9.09. The molecule has 4 nitrogen and oxygen atoms in total. The predicted octanol–water partition coefficient (Wildman–Crippen LogP) is 4.23. The summed E-state index contributed by atoms with van der Waals surface area (Å²) < 4.78 is 13.5. The second-order valence-corrected chi connectivity index (χ2v) is 6.90. The number of amides is 1. The van der Waals surface area contributed by atoms with Crippen molar-refractivity contribution in [1.29, 1.82) is 0 Å². The molecule has 3 aromatic rings. The highest BCUT2D eigenvalue weighted by atomic mass is 32.2. The SMILES string of the molecule is Cc1ccc2nc(C)cc(SCC(=O)NN=Cc3ccccc3F)c2c1. The van der Waals surface area contributed by atoms with E-state index in [1.165, 1.54) is 24.0 Å². The van der Waals surface area contributed by atoms with Gasteiger partial charge < -0.3 is 0 Å². The molecule has 0 aliphatic rings. The Balaban J connectivity index is 1.65. The number of halogens is 1. The van der Waals surface area contributed by atoms with Crippen molar-refractivity contribution in [2.75, 3.05) is 5.75 Å². The third kappa shape index (κ3) is 4.46. The van der Waals surface area contributed by atoms with Crippen LogP contribution in [0, 0.1) is 19.7 Å². The van der Waals surface area contributed by atoms with Crippen LogP contribution in [-0.4, -0.2) is 22.9 Å². The summed E-state index contributed by atoms with van der Waals surface area (Å²) in [5, 5.41) is 4.85. The van der Waals surface area contributed by atoms with Crippen molar-refractivity contribution in [1.82, 2.24) is 10.4 Å². The number of aromatic nitrogens is 1. The highest BCUT2D eigenvalue weighted by Crippen LogP contribution is 2.28. The van der Waals surface area contributed by atoms with Gasteiger partial charge in [0.05, 0.1) is 17.5 Å². The number of pyridine rings is 1. The van der Waals surface area contributed by atoms with Gasteiger partial charge in [0.2, 0.25) is 5.91 Å². The van der Waals surface area contributed by atoms with Gasteiger partial charge in [-0.2, -0.15) is 5.10 Å². The highest BCUT2D eigenvalue weighted by Gasteiger charge is 2.08. The van der Waals surface area contributed by atoms with Crippen LogP contribution in [0.1, 0.15) is 16.8 Å². The van der Waals surface area contributed by atoms with Crippen LogP contribution in [0.2, 0.25) is 0 Å². The van der Waals surface area contributed by atoms with Gasteiger partial charge >= 0.3 is 0 Å². The van der Waals surface area contributed by atoms with Crippen molar-refractivity contribution in [2.24, 2.45) is 5.10 Å². The Morgan fingerprint density at radius 2 is 2.04 bits per heavy atom. The van der Waals surface area contributed by atoms with Crippen LogP contribution < -0.4 is 5.43 Å². The Bertz CT molecular complexity index is 988. The van der Waals surface area contributed by atoms with Crippen molar-refractivity contribution in [2.45, 2.75) is 18.7 Å². The van der Waals surface area contributed by atoms with Crippen molar-refractivity contribution in [3.63, 3.8) is 0 Å². The summed E-state index contributed by atoms with van der Waals surface area (Å²) in [6.07, 6.45) is 1.30. The van der Waals surface area contributed by atoms with Crippen LogP contribution in [0.3, 0.4) is 0 Å². The minimum atomic E-state index is -0.381. The molecule has 0 fully saturated rings. The van der Waals surface area contributed by atoms with Crippen LogP contribution in [0.5, 0.6) is 0 Å². The quantitative estimate of drug-likeness (QED) is 0.417. The van der Waals surface area contributed by atoms with Gasteiger partial charge in [-0.05, 0) is 38.1 Å². The summed E-state index contributed by atoms with van der Waals surface area (Å²) in [6.45, 7) is 3.96. The molecule has 26 heavy (non-hydrogen) atoms. The minimum Gasteiger partial charge on any atom is -0.272 e. The standard InChI is InChI=1S/C20H18FN3OS/c1-13-7-8-18-16(9-13)19(10-14(2)23-18)26-12-20(25)24-22-11-15-5-3-4-6-17(15)21/h3-11H,12H2,1-2H3,(H,24,25). The van der Waals surface area contributed by atoms with E-state index in [9.17, 15) is 9.18 Å². The zero-order chi connectivity index (χ0) is 18.5. The summed E-state index contributed by atoms with van der Waals surface area (Å²) in [7, 11) is 0. The molecule has 0 spiro atoms. The summed E-state index contributed by atoms with van der Waals surface area (Å²) in [5.41, 5.74) is 5.72. The molecule has 0 saturated carbocycles. The van der Waals surface area contributed by atoms with Crippen molar-refractivity contribution in [3.05, 3.63) is 71.2 Å². The third-order valence-electron chi connectivity index (χ3n) is 3.71. The maximum absolute atomic E-state index is 13.5.